The number of carbonyl (C=O) groups is 2. The average Bonchev–Trinajstić information content (AvgIpc) is 1.60. The van der Waals surface area contributed by atoms with Gasteiger partial charge in [0.15, 0.2) is 6.73 Å². The van der Waals surface area contributed by atoms with Gasteiger partial charge in [-0.15, -0.1) is 9.92 Å². The third kappa shape index (κ3) is 23.1. The molecule has 0 saturated carbocycles. The van der Waals surface area contributed by atoms with E-state index in [-0.39, 0.29) is 115 Å². The number of nitrogens with zero attached hydrogens (tertiary/aromatic N) is 10. The molecule has 7 heterocycles. The number of nitrogen functional groups attached to an aromatic ring is 1. The van der Waals surface area contributed by atoms with E-state index < -0.39 is 75.0 Å². The zero-order valence-electron chi connectivity index (χ0n) is 58.8. The molecule has 4 aromatic rings. The Morgan fingerprint density at radius 3 is 1.90 bits per heavy atom. The first-order chi connectivity index (χ1) is 48.4. The van der Waals surface area contributed by atoms with E-state index in [0.29, 0.717) is 73.3 Å². The Kier molecular flexibility index (Phi) is 33.0. The van der Waals surface area contributed by atoms with Crippen LogP contribution in [0, 0.1) is 34.8 Å². The molecule has 13 atom stereocenters. The molecule has 102 heavy (non-hydrogen) atoms. The average molecular weight is 1470 g/mol. The Balaban J connectivity index is 0.000000275. The summed E-state index contributed by atoms with van der Waals surface area (Å²) in [4.78, 5) is 97.6. The summed E-state index contributed by atoms with van der Waals surface area (Å²) in [5.74, 6) is -2.09. The van der Waals surface area contributed by atoms with Crippen LogP contribution in [0.4, 0.5) is 5.82 Å². The number of fused-ring (bicyclic) bond motifs is 1. The standard InChI is InChI=1S/C22H34N6O7.C20H33N7O7.C19H29N5O8S/c1-14(8-9-18(29)34-13-27(3)26-31)24-10-6-7-16-11-28(22(30)25-20(16)23)21-15(2)19(33-5)17(35-21)12-32-4;1-13(22-8-10-25(9-7-21)27(31)24-30)5-6-15-11-26(20(29)23-18(15)28)19-14(2)17(33-4)16(34-19)12-32-3;1-9-15(31-4)13(7-30-3)32-19(9)24-6-11(14-16(24)22-10(2)23-18(14)26)5-21-17(25)12(20)8-33(27,28)29/h6-7,11,15,17,19,21,24H,1,8-10,12-13H2,2-5H3,(H2,23,25,30);5-6,11,14,16-17,19,22,30H,1,7-10,12,21H2,2-4H3,(H,23,28,29);6,9,12-13,15,19H,5,7-8,20H2,1-4H3,(H,21,25)(H,22,23,26)(H,27,28,29)/b7-6+;6-5+,27-24?;. The van der Waals surface area contributed by atoms with Gasteiger partial charge in [0, 0.05) is 135 Å². The van der Waals surface area contributed by atoms with E-state index in [9.17, 15) is 47.3 Å². The van der Waals surface area contributed by atoms with Gasteiger partial charge in [-0.2, -0.15) is 13.4 Å². The van der Waals surface area contributed by atoms with Gasteiger partial charge >= 0.3 is 17.3 Å². The highest BCUT2D eigenvalue weighted by molar-refractivity contribution is 7.85. The highest BCUT2D eigenvalue weighted by Crippen LogP contribution is 2.40. The number of ether oxygens (including phenoxy) is 10. The number of hydrogen-bond donors (Lipinski definition) is 10. The van der Waals surface area contributed by atoms with Crippen molar-refractivity contribution in [3.05, 3.63) is 130 Å². The summed E-state index contributed by atoms with van der Waals surface area (Å²) in [6, 6.07) is -1.47. The number of anilines is 1. The number of methoxy groups -OCH3 is 6. The van der Waals surface area contributed by atoms with Gasteiger partial charge in [-0.3, -0.25) is 37.8 Å². The number of allylic oxidation sites excluding steroid dienone is 2. The topological polar surface area (TPSA) is 530 Å². The predicted molar refractivity (Wildman–Crippen MR) is 367 cm³/mol. The van der Waals surface area contributed by atoms with Crippen LogP contribution in [-0.4, -0.2) is 236 Å². The normalized spacial score (nSPS) is 22.9. The van der Waals surface area contributed by atoms with Crippen molar-refractivity contribution in [2.75, 3.05) is 120 Å². The maximum Gasteiger partial charge on any atom is 0.351 e. The third-order valence-electron chi connectivity index (χ3n) is 16.5. The summed E-state index contributed by atoms with van der Waals surface area (Å²) in [6.45, 7) is 17.1. The largest absolute Gasteiger partial charge is 0.569 e. The summed E-state index contributed by atoms with van der Waals surface area (Å²) >= 11 is 0. The maximum atomic E-state index is 12.7. The fourth-order valence-electron chi connectivity index (χ4n) is 11.6. The number of nitroso groups, excluding NO2 is 1. The quantitative estimate of drug-likeness (QED) is 0.00400. The molecule has 4 aromatic heterocycles. The number of hydrogen-bond acceptors (Lipinski definition) is 29. The molecule has 7 rings (SSSR count). The highest BCUT2D eigenvalue weighted by Gasteiger charge is 2.46. The lowest BCUT2D eigenvalue weighted by molar-refractivity contribution is -0.708. The van der Waals surface area contributed by atoms with E-state index in [1.54, 1.807) is 84.8 Å². The SMILES string of the molecule is C=C(/C=C/c1cn(C2OC(COC)C(OC)C2C)c(=O)[nH]c1=O)NCCN(CCN)[N+]([O-])=NO.C=C(CCC(=O)OCN(C)N=O)NC/C=C/c1cn(C2OC(COC)C(OC)C2C)c(=O)nc1N.COCC1OC(n2cc(CNC(=O)C(N)CS(=O)(=O)O)c3c(=O)[nH]c(C)nc32)C(C)C1OC. The second kappa shape index (κ2) is 40.1. The minimum Gasteiger partial charge on any atom is -0.569 e. The number of amides is 1. The van der Waals surface area contributed by atoms with Crippen LogP contribution in [0.15, 0.2) is 85.0 Å². The van der Waals surface area contributed by atoms with Crippen LogP contribution in [0.2, 0.25) is 0 Å². The Morgan fingerprint density at radius 2 is 1.37 bits per heavy atom. The summed E-state index contributed by atoms with van der Waals surface area (Å²) in [5.41, 5.74) is 17.5. The number of aromatic nitrogens is 7. The summed E-state index contributed by atoms with van der Waals surface area (Å²) in [5, 5.41) is 36.2. The van der Waals surface area contributed by atoms with Crippen LogP contribution in [-0.2, 0) is 73.6 Å². The lowest BCUT2D eigenvalue weighted by Gasteiger charge is -2.20. The zero-order valence-corrected chi connectivity index (χ0v) is 59.6. The number of H-pyrrole nitrogens is 2. The van der Waals surface area contributed by atoms with E-state index in [4.69, 9.17) is 74.3 Å². The number of rotatable bonds is 36. The van der Waals surface area contributed by atoms with E-state index >= 15 is 0 Å². The van der Waals surface area contributed by atoms with E-state index in [2.05, 4.69) is 59.6 Å². The first-order valence-electron chi connectivity index (χ1n) is 32.0. The molecule has 3 fully saturated rings. The highest BCUT2D eigenvalue weighted by atomic mass is 32.2. The van der Waals surface area contributed by atoms with Crippen molar-refractivity contribution in [3.8, 4) is 0 Å². The van der Waals surface area contributed by atoms with Crippen molar-refractivity contribution in [2.45, 2.75) is 108 Å². The van der Waals surface area contributed by atoms with Gasteiger partial charge in [-0.25, -0.2) is 19.6 Å². The number of carbonyl (C=O) groups excluding carboxylic acids is 2. The second-order valence-corrected chi connectivity index (χ2v) is 25.4. The fourth-order valence-corrected chi connectivity index (χ4v) is 12.2. The number of aryl methyl sites for hydroxylation is 1. The van der Waals surface area contributed by atoms with Gasteiger partial charge in [0.2, 0.25) is 11.2 Å². The Bertz CT molecular complexity index is 3920. The lowest BCUT2D eigenvalue weighted by atomic mass is 10.0. The molecule has 40 nitrogen and oxygen atoms in total. The molecule has 13 N–H and O–H groups in total. The van der Waals surface area contributed by atoms with Crippen LogP contribution < -0.4 is 55.6 Å². The molecule has 1 amide bonds. The Labute approximate surface area is 586 Å². The molecule has 0 spiro atoms. The van der Waals surface area contributed by atoms with Gasteiger partial charge in [-0.1, -0.05) is 46.1 Å². The van der Waals surface area contributed by atoms with Crippen LogP contribution in [0.3, 0.4) is 0 Å². The summed E-state index contributed by atoms with van der Waals surface area (Å²) < 4.78 is 90.8. The molecule has 3 saturated heterocycles. The molecule has 0 aromatic carbocycles. The van der Waals surface area contributed by atoms with Gasteiger partial charge in [0.05, 0.1) is 84.6 Å². The molecule has 13 unspecified atom stereocenters. The molecule has 41 heteroatoms. The molecule has 568 valence electrons. The van der Waals surface area contributed by atoms with Gasteiger partial charge in [0.25, 0.3) is 21.2 Å². The van der Waals surface area contributed by atoms with Crippen LogP contribution >= 0.6 is 0 Å². The number of nitrogens with one attached hydrogen (secondary N) is 5. The summed E-state index contributed by atoms with van der Waals surface area (Å²) in [6.07, 6.45) is 8.22. The first kappa shape index (κ1) is 83.8. The van der Waals surface area contributed by atoms with Crippen molar-refractivity contribution >= 4 is 51.0 Å². The van der Waals surface area contributed by atoms with Crippen molar-refractivity contribution < 1.29 is 80.1 Å². The number of esters is 1. The predicted octanol–water partition coefficient (Wildman–Crippen LogP) is -0.534. The van der Waals surface area contributed by atoms with Crippen LogP contribution in [0.25, 0.3) is 23.2 Å². The number of nitrogens with two attached hydrogens (primary N) is 3. The van der Waals surface area contributed by atoms with Gasteiger partial charge in [-0.05, 0) is 25.5 Å². The fraction of sp³-hybridized carbons (Fsp3) is 0.607. The maximum absolute atomic E-state index is 12.7. The van der Waals surface area contributed by atoms with Crippen molar-refractivity contribution in [3.63, 3.8) is 0 Å². The van der Waals surface area contributed by atoms with E-state index in [1.807, 2.05) is 20.8 Å². The molecule has 3 aliphatic heterocycles. The van der Waals surface area contributed by atoms with E-state index in [0.717, 1.165) is 5.01 Å². The Hall–Kier alpha value is -8.85. The van der Waals surface area contributed by atoms with Crippen LogP contribution in [0.1, 0.15) is 74.8 Å². The van der Waals surface area contributed by atoms with Crippen molar-refractivity contribution in [1.29, 1.82) is 0 Å². The number of aromatic amines is 2. The lowest BCUT2D eigenvalue weighted by Crippen LogP contribution is -2.44. The molecule has 0 bridgehead atoms. The smallest absolute Gasteiger partial charge is 0.351 e. The molecule has 0 radical (unpaired) electrons. The second-order valence-electron chi connectivity index (χ2n) is 23.9. The zero-order chi connectivity index (χ0) is 75.7. The van der Waals surface area contributed by atoms with E-state index in [1.165, 1.54) is 33.5 Å². The third-order valence-corrected chi connectivity index (χ3v) is 17.3. The summed E-state index contributed by atoms with van der Waals surface area (Å²) in [7, 11) is 6.44. The Morgan fingerprint density at radius 1 is 0.814 bits per heavy atom. The monoisotopic (exact) mass is 1460 g/mol. The molecular formula is C61H96N18O22S. The van der Waals surface area contributed by atoms with Crippen LogP contribution in [0.5, 0.6) is 0 Å². The molecular weight excluding hydrogens is 1370 g/mol. The van der Waals surface area contributed by atoms with Crippen molar-refractivity contribution in [1.82, 2.24) is 59.6 Å². The molecule has 0 aliphatic carbocycles. The van der Waals surface area contributed by atoms with Gasteiger partial charge in [0.1, 0.15) is 60.3 Å². The first-order valence-corrected chi connectivity index (χ1v) is 33.6. The minimum atomic E-state index is -4.42. The van der Waals surface area contributed by atoms with Gasteiger partial charge < -0.3 is 100 Å². The minimum absolute atomic E-state index is 0.0489. The molecule has 3 aliphatic rings. The van der Waals surface area contributed by atoms with Crippen molar-refractivity contribution in [2.24, 2.45) is 39.8 Å². The number of hydrazine groups is 1.